The van der Waals surface area contributed by atoms with Crippen LogP contribution in [0.1, 0.15) is 22.3 Å². The molecule has 0 aliphatic heterocycles. The second-order valence-corrected chi connectivity index (χ2v) is 7.97. The summed E-state index contributed by atoms with van der Waals surface area (Å²) in [5, 5.41) is 27.2. The van der Waals surface area contributed by atoms with Gasteiger partial charge >= 0.3 is 0 Å². The second kappa shape index (κ2) is 15.8. The number of aryl methyl sites for hydroxylation is 2. The number of nitrogens with zero attached hydrogens (tertiary/aromatic N) is 1. The van der Waals surface area contributed by atoms with Crippen molar-refractivity contribution in [3.63, 3.8) is 0 Å². The maximum absolute atomic E-state index is 9.80. The van der Waals surface area contributed by atoms with Crippen molar-refractivity contribution in [2.75, 3.05) is 0 Å². The van der Waals surface area contributed by atoms with Crippen LogP contribution in [-0.2, 0) is 19.5 Å². The molecule has 3 N–H and O–H groups in total. The molecule has 0 fully saturated rings. The molecule has 4 aromatic carbocycles. The molecule has 8 heteroatoms. The van der Waals surface area contributed by atoms with Crippen LogP contribution in [-0.4, -0.2) is 22.0 Å². The van der Waals surface area contributed by atoms with Crippen molar-refractivity contribution >= 4 is 34.7 Å². The van der Waals surface area contributed by atoms with E-state index < -0.39 is 0 Å². The van der Waals surface area contributed by atoms with Crippen molar-refractivity contribution in [3.8, 4) is 23.0 Å². The first-order chi connectivity index (χ1) is 16.9. The minimum Gasteiger partial charge on any atom is -0.507 e. The third-order valence-electron chi connectivity index (χ3n) is 4.97. The van der Waals surface area contributed by atoms with Crippen LogP contribution < -0.4 is 9.47 Å². The van der Waals surface area contributed by atoms with Gasteiger partial charge in [0.15, 0.2) is 0 Å². The van der Waals surface area contributed by atoms with Gasteiger partial charge < -0.3 is 27.1 Å². The molecule has 0 unspecified atom stereocenters. The summed E-state index contributed by atoms with van der Waals surface area (Å²) in [5.41, 5.74) is 2.93. The Morgan fingerprint density at radius 1 is 0.676 bits per heavy atom. The predicted octanol–water partition coefficient (Wildman–Crippen LogP) is 7.43. The zero-order chi connectivity index (χ0) is 25.2. The van der Waals surface area contributed by atoms with Crippen molar-refractivity contribution in [2.24, 2.45) is 3.21 Å². The van der Waals surface area contributed by atoms with Crippen molar-refractivity contribution in [1.29, 1.82) is 5.41 Å². The summed E-state index contributed by atoms with van der Waals surface area (Å²) in [4.78, 5) is 0. The normalized spacial score (nSPS) is 10.1. The number of ether oxygens (including phenoxy) is 2. The molecule has 6 nitrogen and oxygen atoms in total. The summed E-state index contributed by atoms with van der Waals surface area (Å²) in [7, 11) is 0. The molecule has 0 saturated carbocycles. The zero-order valence-electron chi connectivity index (χ0n) is 21.0. The average Bonchev–Trinajstić information content (AvgIpc) is 2.86. The van der Waals surface area contributed by atoms with Gasteiger partial charge in [-0.25, -0.2) is 0 Å². The van der Waals surface area contributed by atoms with Gasteiger partial charge in [-0.2, -0.15) is 3.21 Å². The van der Waals surface area contributed by atoms with Crippen LogP contribution in [0.4, 0.5) is 0 Å². The molecule has 0 radical (unpaired) electrons. The summed E-state index contributed by atoms with van der Waals surface area (Å²) < 4.78 is 15.2. The van der Waals surface area contributed by atoms with Gasteiger partial charge in [-0.3, -0.25) is 5.41 Å². The number of phenolic OH excluding ortho intramolecular Hbond substituents is 2. The van der Waals surface area contributed by atoms with Gasteiger partial charge in [0.05, 0.1) is 34.0 Å². The molecule has 4 aromatic rings. The third kappa shape index (κ3) is 8.98. The molecule has 0 amide bonds. The number of benzene rings is 4. The van der Waals surface area contributed by atoms with Crippen LogP contribution in [0.5, 0.6) is 23.0 Å². The van der Waals surface area contributed by atoms with Gasteiger partial charge in [0.2, 0.25) is 11.8 Å². The molecular formula is C29H28IN2O4Zn-. The molecule has 4 rings (SSSR count). The van der Waals surface area contributed by atoms with Crippen LogP contribution in [0.3, 0.4) is 0 Å². The van der Waals surface area contributed by atoms with Crippen LogP contribution >= 0.6 is 22.9 Å². The molecular weight excluding hydrogens is 633 g/mol. The number of aromatic hydroxyl groups is 2. The largest absolute Gasteiger partial charge is 0.507 e. The Morgan fingerprint density at radius 3 is 1.54 bits per heavy atom. The fourth-order valence-corrected chi connectivity index (χ4v) is 3.41. The first-order valence-corrected chi connectivity index (χ1v) is 11.7. The molecule has 0 saturated heterocycles. The summed E-state index contributed by atoms with van der Waals surface area (Å²) >= 11 is 1.86. The number of halogens is 1. The Kier molecular flexibility index (Phi) is 13.6. The molecule has 0 heterocycles. The van der Waals surface area contributed by atoms with Gasteiger partial charge in [-0.15, -0.1) is 0 Å². The molecule has 0 aliphatic rings. The van der Waals surface area contributed by atoms with E-state index >= 15 is 0 Å². The fourth-order valence-electron chi connectivity index (χ4n) is 3.05. The van der Waals surface area contributed by atoms with E-state index in [1.54, 1.807) is 42.5 Å². The second-order valence-electron chi connectivity index (χ2n) is 7.49. The van der Waals surface area contributed by atoms with Crippen molar-refractivity contribution in [3.05, 3.63) is 127 Å². The van der Waals surface area contributed by atoms with E-state index in [9.17, 15) is 10.2 Å². The number of hydrogen-bond acceptors (Lipinski definition) is 6. The first kappa shape index (κ1) is 31.8. The first-order valence-electron chi connectivity index (χ1n) is 10.7. The number of phenols is 2. The number of rotatable bonds is 4. The standard InChI is InChI=1S/C14H12INO2.C14H13NO2.CH3.Zn/c1-10-6-2-5-9-13(10)18-14(16-15)11-7-3-4-8-12(11)17;1-10-6-2-5-9-13(10)17-14(15)11-7-3-4-8-12(11)16;;/h2-9,17H,1H3;2-9,15-16H,1H3;1H3;/q;;-1;. The molecule has 0 aliphatic carbocycles. The fraction of sp³-hybridized carbons (Fsp3) is 0.0690. The van der Waals surface area contributed by atoms with E-state index in [1.807, 2.05) is 85.2 Å². The van der Waals surface area contributed by atoms with E-state index in [-0.39, 0.29) is 44.3 Å². The van der Waals surface area contributed by atoms with E-state index in [2.05, 4.69) is 3.21 Å². The van der Waals surface area contributed by atoms with E-state index in [0.29, 0.717) is 22.8 Å². The molecule has 0 aromatic heterocycles. The van der Waals surface area contributed by atoms with Crippen LogP contribution in [0.15, 0.2) is 100 Å². The zero-order valence-corrected chi connectivity index (χ0v) is 26.1. The summed E-state index contributed by atoms with van der Waals surface area (Å²) in [6, 6.07) is 28.8. The predicted molar refractivity (Wildman–Crippen MR) is 154 cm³/mol. The Morgan fingerprint density at radius 2 is 1.08 bits per heavy atom. The van der Waals surface area contributed by atoms with E-state index in [4.69, 9.17) is 14.9 Å². The van der Waals surface area contributed by atoms with Gasteiger partial charge in [0, 0.05) is 19.5 Å². The Labute approximate surface area is 244 Å². The van der Waals surface area contributed by atoms with Crippen LogP contribution in [0.2, 0.25) is 0 Å². The maximum atomic E-state index is 9.80. The van der Waals surface area contributed by atoms with E-state index in [0.717, 1.165) is 16.9 Å². The van der Waals surface area contributed by atoms with E-state index in [1.165, 1.54) is 6.07 Å². The number of nitrogens with one attached hydrogen (secondary N) is 1. The van der Waals surface area contributed by atoms with Crippen LogP contribution in [0, 0.1) is 26.7 Å². The molecule has 0 bridgehead atoms. The molecule has 37 heavy (non-hydrogen) atoms. The number of para-hydroxylation sites is 4. The van der Waals surface area contributed by atoms with Gasteiger partial charge in [0.1, 0.15) is 23.0 Å². The quantitative estimate of drug-likeness (QED) is 0.0698. The number of hydrogen-bond donors (Lipinski definition) is 3. The summed E-state index contributed by atoms with van der Waals surface area (Å²) in [5.74, 6) is 1.89. The Balaban J connectivity index is 0.000000351. The van der Waals surface area contributed by atoms with Crippen molar-refractivity contribution < 1.29 is 39.2 Å². The third-order valence-corrected chi connectivity index (χ3v) is 5.40. The van der Waals surface area contributed by atoms with Crippen molar-refractivity contribution in [2.45, 2.75) is 13.8 Å². The minimum absolute atomic E-state index is 0. The SMILES string of the molecule is Cc1ccccc1OC(=N)c1ccccc1O.Cc1ccccc1OC(=NI)c1ccccc1O.[CH3-].[Zn]. The maximum Gasteiger partial charge on any atom is 0.235 e. The molecule has 188 valence electrons. The average molecular weight is 661 g/mol. The van der Waals surface area contributed by atoms with Gasteiger partial charge in [-0.1, -0.05) is 60.7 Å². The molecule has 0 spiro atoms. The summed E-state index contributed by atoms with van der Waals surface area (Å²) in [6.45, 7) is 3.87. The summed E-state index contributed by atoms with van der Waals surface area (Å²) in [6.07, 6.45) is 0. The van der Waals surface area contributed by atoms with Crippen molar-refractivity contribution in [1.82, 2.24) is 0 Å². The Bertz CT molecular complexity index is 1340. The minimum atomic E-state index is -0.0580. The monoisotopic (exact) mass is 659 g/mol. The van der Waals surface area contributed by atoms with Gasteiger partial charge in [-0.05, 0) is 61.4 Å². The molecule has 0 atom stereocenters. The topological polar surface area (TPSA) is 95.1 Å². The van der Waals surface area contributed by atoms with Gasteiger partial charge in [0.25, 0.3) is 0 Å². The smallest absolute Gasteiger partial charge is 0.235 e. The Hall–Kier alpha value is -3.23. The van der Waals surface area contributed by atoms with Crippen LogP contribution in [0.25, 0.3) is 0 Å².